The molecule has 4 N–H and O–H groups in total. The number of carbonyl (C=O) groups is 1. The van der Waals surface area contributed by atoms with E-state index in [-0.39, 0.29) is 41.3 Å². The van der Waals surface area contributed by atoms with Gasteiger partial charge in [0.05, 0.1) is 23.9 Å². The van der Waals surface area contributed by atoms with Gasteiger partial charge in [-0.1, -0.05) is 56.4 Å². The van der Waals surface area contributed by atoms with Gasteiger partial charge in [0, 0.05) is 23.2 Å². The summed E-state index contributed by atoms with van der Waals surface area (Å²) in [4.78, 5) is 13.9. The van der Waals surface area contributed by atoms with E-state index >= 15 is 0 Å². The van der Waals surface area contributed by atoms with E-state index in [1.54, 1.807) is 22.3 Å². The zero-order valence-corrected chi connectivity index (χ0v) is 28.7. The van der Waals surface area contributed by atoms with Crippen LogP contribution in [0, 0.1) is 70.0 Å². The predicted molar refractivity (Wildman–Crippen MR) is 177 cm³/mol. The molecule has 0 spiro atoms. The van der Waals surface area contributed by atoms with Crippen LogP contribution in [0.1, 0.15) is 118 Å². The van der Waals surface area contributed by atoms with E-state index in [0.29, 0.717) is 36.5 Å². The first-order valence-corrected chi connectivity index (χ1v) is 19.4. The number of allylic oxidation sites excluding steroid dienone is 3. The van der Waals surface area contributed by atoms with E-state index in [4.69, 9.17) is 0 Å². The van der Waals surface area contributed by atoms with Gasteiger partial charge in [-0.2, -0.15) is 0 Å². The molecule has 9 aliphatic carbocycles. The van der Waals surface area contributed by atoms with E-state index in [0.717, 1.165) is 37.7 Å². The van der Waals surface area contributed by atoms with Crippen LogP contribution in [0.3, 0.4) is 0 Å². The number of aliphatic hydroxyl groups is 4. The number of carbonyl (C=O) groups excluding carboxylic acids is 1. The fraction of sp³-hybridized carbons (Fsp3) is 0.829. The summed E-state index contributed by atoms with van der Waals surface area (Å²) in [7, 11) is 0. The van der Waals surface area contributed by atoms with Crippen LogP contribution in [-0.4, -0.2) is 50.1 Å². The van der Waals surface area contributed by atoms with Gasteiger partial charge in [0.25, 0.3) is 0 Å². The lowest BCUT2D eigenvalue weighted by Crippen LogP contribution is -2.68. The van der Waals surface area contributed by atoms with Crippen molar-refractivity contribution >= 4 is 5.78 Å². The molecule has 0 unspecified atom stereocenters. The first-order valence-electron chi connectivity index (χ1n) is 19.4. The smallest absolute Gasteiger partial charge is 0.159 e. The summed E-state index contributed by atoms with van der Waals surface area (Å²) in [5.41, 5.74) is 5.67. The molecule has 0 saturated heterocycles. The van der Waals surface area contributed by atoms with Crippen molar-refractivity contribution in [2.45, 2.75) is 141 Å². The molecular weight excluding hydrogens is 572 g/mol. The Hall–Kier alpha value is -1.27. The average Bonchev–Trinajstić information content (AvgIpc) is 3.30. The Morgan fingerprint density at radius 3 is 2.43 bits per heavy atom. The maximum Gasteiger partial charge on any atom is 0.159 e. The van der Waals surface area contributed by atoms with Crippen molar-refractivity contribution < 1.29 is 25.2 Å². The lowest BCUT2D eigenvalue weighted by Gasteiger charge is -2.67. The maximum absolute atomic E-state index is 13.9. The third kappa shape index (κ3) is 3.65. The minimum atomic E-state index is -1.07. The van der Waals surface area contributed by atoms with Crippen LogP contribution >= 0.6 is 0 Å². The van der Waals surface area contributed by atoms with Gasteiger partial charge in [-0.3, -0.25) is 4.79 Å². The van der Waals surface area contributed by atoms with E-state index in [2.05, 4.69) is 27.7 Å². The molecule has 0 heterocycles. The van der Waals surface area contributed by atoms with Gasteiger partial charge >= 0.3 is 0 Å². The highest BCUT2D eigenvalue weighted by atomic mass is 16.3. The van der Waals surface area contributed by atoms with Gasteiger partial charge in [-0.25, -0.2) is 0 Å². The third-order valence-corrected chi connectivity index (χ3v) is 16.9. The monoisotopic (exact) mass is 630 g/mol. The Labute approximate surface area is 276 Å². The topological polar surface area (TPSA) is 98.0 Å². The van der Waals surface area contributed by atoms with Crippen LogP contribution in [-0.2, 0) is 4.79 Å². The molecule has 6 fully saturated rings. The van der Waals surface area contributed by atoms with Crippen LogP contribution in [0.15, 0.2) is 33.9 Å². The minimum absolute atomic E-state index is 0.0473. The molecule has 0 aliphatic heterocycles. The molecule has 0 radical (unpaired) electrons. The number of hydrogen-bond donors (Lipinski definition) is 4. The molecule has 0 bridgehead atoms. The van der Waals surface area contributed by atoms with Gasteiger partial charge in [0.2, 0.25) is 0 Å². The van der Waals surface area contributed by atoms with Gasteiger partial charge in [-0.15, -0.1) is 0 Å². The summed E-state index contributed by atoms with van der Waals surface area (Å²) in [5, 5.41) is 47.8. The maximum atomic E-state index is 13.9. The Morgan fingerprint density at radius 1 is 0.870 bits per heavy atom. The fourth-order valence-corrected chi connectivity index (χ4v) is 15.3. The Bertz CT molecular complexity index is 1420. The summed E-state index contributed by atoms with van der Waals surface area (Å²) in [6, 6.07) is 0. The van der Waals surface area contributed by atoms with Gasteiger partial charge < -0.3 is 20.4 Å². The van der Waals surface area contributed by atoms with Crippen molar-refractivity contribution in [2.75, 3.05) is 0 Å². The Balaban J connectivity index is 1.12. The quantitative estimate of drug-likeness (QED) is 0.255. The number of aliphatic hydroxyl groups excluding tert-OH is 3. The number of hydrogen-bond acceptors (Lipinski definition) is 5. The van der Waals surface area contributed by atoms with Crippen molar-refractivity contribution in [2.24, 2.45) is 70.0 Å². The standard InChI is InChI=1S/C41H58O5/c1-20(2)33-24-10-6-5-9-23(24)25-11-7-8-21-16-26(37(44)35(33)34(21)25)27-14-15-41(46)30-18-31(42)29-17-32(43)38(45)28-13-12-22(19-39(27,41)3)36(30)40(28,29)4/h18,20-23,26-29,32,35-38,43-46H,5-17,19H2,1-4H3/t21-,22-,23-,26+,27-,28-,29+,32-,35+,36+,37+,38+,39-,40+,41-/m1/s1. The molecular formula is C41H58O5. The van der Waals surface area contributed by atoms with E-state index in [1.807, 2.05) is 6.08 Å². The normalized spacial score (nSPS) is 54.2. The average molecular weight is 631 g/mol. The summed E-state index contributed by atoms with van der Waals surface area (Å²) in [6.07, 6.45) is 14.2. The largest absolute Gasteiger partial charge is 0.392 e. The van der Waals surface area contributed by atoms with Crippen LogP contribution < -0.4 is 0 Å². The highest BCUT2D eigenvalue weighted by Gasteiger charge is 2.72. The molecule has 5 heteroatoms. The van der Waals surface area contributed by atoms with Gasteiger partial charge in [-0.05, 0) is 142 Å². The minimum Gasteiger partial charge on any atom is -0.392 e. The van der Waals surface area contributed by atoms with Crippen LogP contribution in [0.4, 0.5) is 0 Å². The Morgan fingerprint density at radius 2 is 1.65 bits per heavy atom. The molecule has 0 aromatic carbocycles. The summed E-state index contributed by atoms with van der Waals surface area (Å²) < 4.78 is 0. The van der Waals surface area contributed by atoms with Crippen molar-refractivity contribution in [3.63, 3.8) is 0 Å². The van der Waals surface area contributed by atoms with E-state index in [9.17, 15) is 25.2 Å². The van der Waals surface area contributed by atoms with Crippen LogP contribution in [0.2, 0.25) is 0 Å². The zero-order valence-electron chi connectivity index (χ0n) is 28.7. The number of fused-ring (bicyclic) bond motifs is 4. The van der Waals surface area contributed by atoms with Crippen molar-refractivity contribution in [1.29, 1.82) is 0 Å². The summed E-state index contributed by atoms with van der Waals surface area (Å²) in [5.74, 6) is 2.17. The Kier molecular flexibility index (Phi) is 6.78. The van der Waals surface area contributed by atoms with Crippen LogP contribution in [0.25, 0.3) is 0 Å². The number of ketones is 1. The molecule has 252 valence electrons. The summed E-state index contributed by atoms with van der Waals surface area (Å²) >= 11 is 0. The fourth-order valence-electron chi connectivity index (χ4n) is 15.3. The first kappa shape index (κ1) is 30.8. The molecule has 6 saturated carbocycles. The zero-order chi connectivity index (χ0) is 32.1. The highest BCUT2D eigenvalue weighted by molar-refractivity contribution is 5.95. The third-order valence-electron chi connectivity index (χ3n) is 16.9. The molecule has 46 heavy (non-hydrogen) atoms. The SMILES string of the molecule is CC(C)C1=C2CCCC[C@H]2C2=C3[C@H](CCC2)C[C@@H]([C@H]2CC[C@@]4(O)C5=CC(=O)[C@@H]6C[C@@H](O)[C@@H](O)[C@H]7CC[C@H](C[C@]24C)[C@@H]5[C@@]76C)[C@H](O)[C@@H]13. The lowest BCUT2D eigenvalue weighted by molar-refractivity contribution is -0.205. The highest BCUT2D eigenvalue weighted by Crippen LogP contribution is 2.74. The van der Waals surface area contributed by atoms with Gasteiger partial charge in [0.1, 0.15) is 0 Å². The molecule has 0 amide bonds. The summed E-state index contributed by atoms with van der Waals surface area (Å²) in [6.45, 7) is 9.27. The van der Waals surface area contributed by atoms with Crippen molar-refractivity contribution in [3.05, 3.63) is 33.9 Å². The second kappa shape index (κ2) is 10.1. The number of rotatable bonds is 2. The lowest BCUT2D eigenvalue weighted by atomic mass is 9.38. The first-order chi connectivity index (χ1) is 21.9. The van der Waals surface area contributed by atoms with E-state index < -0.39 is 34.7 Å². The predicted octanol–water partition coefficient (Wildman–Crippen LogP) is 6.69. The molecule has 0 aromatic rings. The molecule has 0 aromatic heterocycles. The van der Waals surface area contributed by atoms with E-state index in [1.165, 1.54) is 44.9 Å². The molecule has 9 aliphatic rings. The van der Waals surface area contributed by atoms with Crippen molar-refractivity contribution in [1.82, 2.24) is 0 Å². The molecule has 15 atom stereocenters. The molecule has 5 nitrogen and oxygen atoms in total. The van der Waals surface area contributed by atoms with Crippen LogP contribution in [0.5, 0.6) is 0 Å². The van der Waals surface area contributed by atoms with Crippen molar-refractivity contribution in [3.8, 4) is 0 Å². The second-order valence-corrected chi connectivity index (χ2v) is 18.6. The molecule has 9 rings (SSSR count). The van der Waals surface area contributed by atoms with Gasteiger partial charge in [0.15, 0.2) is 5.78 Å². The second-order valence-electron chi connectivity index (χ2n) is 18.6.